The number of hydrogen-bond donors (Lipinski definition) is 0. The van der Waals surface area contributed by atoms with Crippen LogP contribution in [0.2, 0.25) is 5.02 Å². The van der Waals surface area contributed by atoms with Gasteiger partial charge in [-0.1, -0.05) is 36.9 Å². The van der Waals surface area contributed by atoms with Crippen LogP contribution in [0, 0.1) is 23.6 Å². The van der Waals surface area contributed by atoms with Crippen LogP contribution in [-0.4, -0.2) is 12.1 Å². The number of esters is 1. The van der Waals surface area contributed by atoms with E-state index in [-0.39, 0.29) is 11.1 Å². The largest absolute Gasteiger partial charge is 0.459 e. The van der Waals surface area contributed by atoms with Gasteiger partial charge in [0.15, 0.2) is 0 Å². The van der Waals surface area contributed by atoms with Gasteiger partial charge in [-0.15, -0.1) is 6.58 Å². The summed E-state index contributed by atoms with van der Waals surface area (Å²) < 4.78 is 18.9. The Hall–Kier alpha value is -1.35. The van der Waals surface area contributed by atoms with Gasteiger partial charge in [0.05, 0.1) is 10.6 Å². The molecular weight excluding hydrogens is 375 g/mol. The summed E-state index contributed by atoms with van der Waals surface area (Å²) in [7, 11) is 0. The fraction of sp³-hybridized carbons (Fsp3) is 0.625. The Morgan fingerprint density at radius 2 is 1.75 bits per heavy atom. The highest BCUT2D eigenvalue weighted by Gasteiger charge is 2.32. The number of hydrogen-bond acceptors (Lipinski definition) is 2. The smallest absolute Gasteiger partial charge is 0.338 e. The Balaban J connectivity index is 1.39. The molecule has 0 atom stereocenters. The van der Waals surface area contributed by atoms with Crippen molar-refractivity contribution >= 4 is 17.6 Å². The van der Waals surface area contributed by atoms with Crippen LogP contribution in [0.1, 0.15) is 81.0 Å². The standard InChI is InChI=1S/C24H32ClFO2/c1-2-3-4-5-17-6-8-18(9-7-17)19-10-13-21(14-11-19)28-24(27)20-12-15-23(26)22(25)16-20/h2,12,15-19,21H,1,3-11,13-14H2. The van der Waals surface area contributed by atoms with Crippen LogP contribution in [0.3, 0.4) is 0 Å². The molecule has 0 amide bonds. The molecule has 0 radical (unpaired) electrons. The lowest BCUT2D eigenvalue weighted by Gasteiger charge is -2.37. The minimum absolute atomic E-state index is 0.0252. The number of allylic oxidation sites excluding steroid dienone is 1. The van der Waals surface area contributed by atoms with Gasteiger partial charge in [0.1, 0.15) is 11.9 Å². The Morgan fingerprint density at radius 3 is 2.36 bits per heavy atom. The fourth-order valence-electron chi connectivity index (χ4n) is 5.02. The van der Waals surface area contributed by atoms with Crippen molar-refractivity contribution in [3.05, 3.63) is 47.3 Å². The van der Waals surface area contributed by atoms with E-state index >= 15 is 0 Å². The van der Waals surface area contributed by atoms with E-state index in [2.05, 4.69) is 6.58 Å². The molecule has 0 saturated heterocycles. The van der Waals surface area contributed by atoms with Gasteiger partial charge in [-0.25, -0.2) is 9.18 Å². The number of carbonyl (C=O) groups excluding carboxylic acids is 1. The Kier molecular flexibility index (Phi) is 7.96. The molecular formula is C24H32ClFO2. The van der Waals surface area contributed by atoms with Gasteiger partial charge < -0.3 is 4.74 Å². The van der Waals surface area contributed by atoms with Crippen molar-refractivity contribution in [1.29, 1.82) is 0 Å². The van der Waals surface area contributed by atoms with Crippen molar-refractivity contribution < 1.29 is 13.9 Å². The molecule has 0 bridgehead atoms. The summed E-state index contributed by atoms with van der Waals surface area (Å²) in [6, 6.07) is 3.99. The fourth-order valence-corrected chi connectivity index (χ4v) is 5.20. The molecule has 2 aliphatic rings. The summed E-state index contributed by atoms with van der Waals surface area (Å²) in [6.07, 6.45) is 15.4. The third kappa shape index (κ3) is 5.83. The highest BCUT2D eigenvalue weighted by atomic mass is 35.5. The minimum Gasteiger partial charge on any atom is -0.459 e. The van der Waals surface area contributed by atoms with Gasteiger partial charge >= 0.3 is 5.97 Å². The summed E-state index contributed by atoms with van der Waals surface area (Å²) in [5.41, 5.74) is 0.323. The zero-order chi connectivity index (χ0) is 19.9. The molecule has 28 heavy (non-hydrogen) atoms. The molecule has 0 spiro atoms. The molecule has 1 aromatic carbocycles. The van der Waals surface area contributed by atoms with E-state index in [0.29, 0.717) is 5.56 Å². The maximum atomic E-state index is 13.3. The monoisotopic (exact) mass is 406 g/mol. The van der Waals surface area contributed by atoms with E-state index in [0.717, 1.165) is 49.9 Å². The van der Waals surface area contributed by atoms with E-state index in [1.807, 2.05) is 6.08 Å². The normalized spacial score (nSPS) is 27.9. The first-order valence-corrected chi connectivity index (χ1v) is 11.2. The van der Waals surface area contributed by atoms with E-state index in [1.54, 1.807) is 0 Å². The van der Waals surface area contributed by atoms with Gasteiger partial charge in [-0.3, -0.25) is 0 Å². The van der Waals surface area contributed by atoms with Crippen LogP contribution < -0.4 is 0 Å². The van der Waals surface area contributed by atoms with Gasteiger partial charge in [-0.05, 0) is 87.3 Å². The zero-order valence-corrected chi connectivity index (χ0v) is 17.4. The van der Waals surface area contributed by atoms with Crippen LogP contribution in [0.15, 0.2) is 30.9 Å². The maximum Gasteiger partial charge on any atom is 0.338 e. The quantitative estimate of drug-likeness (QED) is 0.268. The molecule has 154 valence electrons. The summed E-state index contributed by atoms with van der Waals surface area (Å²) in [5.74, 6) is 1.63. The SMILES string of the molecule is C=CCCCC1CCC(C2CCC(OC(=O)c3ccc(F)c(Cl)c3)CC2)CC1. The number of unbranched alkanes of at least 4 members (excludes halogenated alkanes) is 1. The lowest BCUT2D eigenvalue weighted by atomic mass is 9.70. The van der Waals surface area contributed by atoms with Crippen molar-refractivity contribution in [3.8, 4) is 0 Å². The van der Waals surface area contributed by atoms with E-state index in [9.17, 15) is 9.18 Å². The lowest BCUT2D eigenvalue weighted by Crippen LogP contribution is -2.29. The second-order valence-electron chi connectivity index (χ2n) is 8.57. The highest BCUT2D eigenvalue weighted by molar-refractivity contribution is 6.31. The topological polar surface area (TPSA) is 26.3 Å². The van der Waals surface area contributed by atoms with Crippen molar-refractivity contribution in [1.82, 2.24) is 0 Å². The van der Waals surface area contributed by atoms with E-state index in [4.69, 9.17) is 16.3 Å². The van der Waals surface area contributed by atoms with Crippen molar-refractivity contribution in [3.63, 3.8) is 0 Å². The molecule has 3 rings (SSSR count). The van der Waals surface area contributed by atoms with Crippen molar-refractivity contribution in [2.75, 3.05) is 0 Å². The number of carbonyl (C=O) groups is 1. The average molecular weight is 407 g/mol. The molecule has 1 aromatic rings. The maximum absolute atomic E-state index is 13.3. The second-order valence-corrected chi connectivity index (χ2v) is 8.98. The van der Waals surface area contributed by atoms with Gasteiger partial charge in [0.25, 0.3) is 0 Å². The number of benzene rings is 1. The average Bonchev–Trinajstić information content (AvgIpc) is 2.71. The van der Waals surface area contributed by atoms with Crippen LogP contribution in [0.4, 0.5) is 4.39 Å². The molecule has 2 aliphatic carbocycles. The number of rotatable bonds is 7. The minimum atomic E-state index is -0.519. The van der Waals surface area contributed by atoms with Gasteiger partial charge in [-0.2, -0.15) is 0 Å². The number of ether oxygens (including phenoxy) is 1. The summed E-state index contributed by atoms with van der Waals surface area (Å²) in [5, 5.41) is -0.0433. The summed E-state index contributed by atoms with van der Waals surface area (Å²) in [4.78, 5) is 12.3. The summed E-state index contributed by atoms with van der Waals surface area (Å²) >= 11 is 5.76. The molecule has 2 fully saturated rings. The first-order chi connectivity index (χ1) is 13.6. The van der Waals surface area contributed by atoms with Crippen molar-refractivity contribution in [2.45, 2.75) is 76.7 Å². The van der Waals surface area contributed by atoms with Gasteiger partial charge in [0.2, 0.25) is 0 Å². The molecule has 0 heterocycles. The molecule has 0 aromatic heterocycles. The van der Waals surface area contributed by atoms with E-state index < -0.39 is 11.8 Å². The zero-order valence-electron chi connectivity index (χ0n) is 16.7. The van der Waals surface area contributed by atoms with Crippen LogP contribution >= 0.6 is 11.6 Å². The van der Waals surface area contributed by atoms with Gasteiger partial charge in [0, 0.05) is 0 Å². The first-order valence-electron chi connectivity index (χ1n) is 10.8. The van der Waals surface area contributed by atoms with Crippen molar-refractivity contribution in [2.24, 2.45) is 17.8 Å². The summed E-state index contributed by atoms with van der Waals surface area (Å²) in [6.45, 7) is 3.81. The molecule has 2 nitrogen and oxygen atoms in total. The lowest BCUT2D eigenvalue weighted by molar-refractivity contribution is 0.0109. The Labute approximate surface area is 173 Å². The number of halogens is 2. The Morgan fingerprint density at radius 1 is 1.11 bits per heavy atom. The molecule has 0 unspecified atom stereocenters. The molecule has 0 N–H and O–H groups in total. The predicted octanol–water partition coefficient (Wildman–Crippen LogP) is 7.36. The molecule has 0 aliphatic heterocycles. The van der Waals surface area contributed by atoms with Crippen LogP contribution in [0.25, 0.3) is 0 Å². The highest BCUT2D eigenvalue weighted by Crippen LogP contribution is 2.41. The third-order valence-corrected chi connectivity index (χ3v) is 7.02. The molecule has 4 heteroatoms. The molecule has 2 saturated carbocycles. The predicted molar refractivity (Wildman–Crippen MR) is 112 cm³/mol. The second kappa shape index (κ2) is 10.4. The Bertz CT molecular complexity index is 659. The van der Waals surface area contributed by atoms with Crippen LogP contribution in [0.5, 0.6) is 0 Å². The third-order valence-electron chi connectivity index (χ3n) is 6.73. The first kappa shape index (κ1) is 21.4. The van der Waals surface area contributed by atoms with Crippen LogP contribution in [-0.2, 0) is 4.74 Å². The van der Waals surface area contributed by atoms with E-state index in [1.165, 1.54) is 56.7 Å².